The van der Waals surface area contributed by atoms with E-state index in [2.05, 4.69) is 0 Å². The van der Waals surface area contributed by atoms with Crippen molar-refractivity contribution in [2.24, 2.45) is 0 Å². The largest absolute Gasteiger partial charge is 0.462 e. The van der Waals surface area contributed by atoms with Crippen molar-refractivity contribution >= 4 is 5.97 Å². The second-order valence-corrected chi connectivity index (χ2v) is 9.76. The molecule has 0 spiro atoms. The summed E-state index contributed by atoms with van der Waals surface area (Å²) in [7, 11) is 1.59. The Kier molecular flexibility index (Phi) is 10.3. The summed E-state index contributed by atoms with van der Waals surface area (Å²) in [6.07, 6.45) is -1.64. The summed E-state index contributed by atoms with van der Waals surface area (Å²) in [6.45, 7) is 1.46. The van der Waals surface area contributed by atoms with Gasteiger partial charge in [-0.15, -0.1) is 0 Å². The van der Waals surface area contributed by atoms with Crippen LogP contribution in [0.2, 0.25) is 0 Å². The first-order valence-corrected chi connectivity index (χ1v) is 13.7. The molecule has 8 heteroatoms. The van der Waals surface area contributed by atoms with Gasteiger partial charge in [0.25, 0.3) is 0 Å². The summed E-state index contributed by atoms with van der Waals surface area (Å²) in [5.41, 5.74) is 2.52. The van der Waals surface area contributed by atoms with Crippen LogP contribution in [0.4, 0.5) is 0 Å². The van der Waals surface area contributed by atoms with Crippen molar-refractivity contribution in [3.63, 3.8) is 0 Å². The number of benzene rings is 3. The minimum absolute atomic E-state index is 0.309. The van der Waals surface area contributed by atoms with Gasteiger partial charge in [-0.2, -0.15) is 0 Å². The molecule has 0 radical (unpaired) electrons. The lowest BCUT2D eigenvalue weighted by atomic mass is 9.97. The van der Waals surface area contributed by atoms with E-state index in [9.17, 15) is 4.79 Å². The molecule has 6 atom stereocenters. The summed E-state index contributed by atoms with van der Waals surface area (Å²) >= 11 is 0. The number of methoxy groups -OCH3 is 1. The molecule has 40 heavy (non-hydrogen) atoms. The first-order chi connectivity index (χ1) is 19.7. The SMILES string of the molecule is CO[C@H]1O[C@@H]2CO[C@@H](c3ccccc3)O[C@H]2[C@H](OCc2ccccc2)[C@H]1OCCCCOC(=O)c1ccccc1. The van der Waals surface area contributed by atoms with Crippen LogP contribution in [0.1, 0.15) is 40.6 Å². The Bertz CT molecular complexity index is 1160. The molecule has 0 bridgehead atoms. The fraction of sp³-hybridized carbons (Fsp3) is 0.406. The van der Waals surface area contributed by atoms with E-state index < -0.39 is 30.9 Å². The highest BCUT2D eigenvalue weighted by Crippen LogP contribution is 2.37. The molecule has 5 rings (SSSR count). The smallest absolute Gasteiger partial charge is 0.338 e. The first kappa shape index (κ1) is 28.4. The topological polar surface area (TPSA) is 81.7 Å². The number of esters is 1. The van der Waals surface area contributed by atoms with Gasteiger partial charge in [0.15, 0.2) is 12.6 Å². The van der Waals surface area contributed by atoms with Gasteiger partial charge in [-0.05, 0) is 30.5 Å². The third-order valence-electron chi connectivity index (χ3n) is 6.96. The molecule has 2 fully saturated rings. The molecule has 2 aliphatic heterocycles. The van der Waals surface area contributed by atoms with Crippen molar-refractivity contribution in [1.29, 1.82) is 0 Å². The van der Waals surface area contributed by atoms with Crippen LogP contribution < -0.4 is 0 Å². The summed E-state index contributed by atoms with van der Waals surface area (Å²) < 4.78 is 42.6. The van der Waals surface area contributed by atoms with Crippen LogP contribution >= 0.6 is 0 Å². The fourth-order valence-electron chi connectivity index (χ4n) is 4.89. The molecular formula is C32H36O8. The van der Waals surface area contributed by atoms with Gasteiger partial charge in [0, 0.05) is 19.3 Å². The molecule has 0 aliphatic carbocycles. The van der Waals surface area contributed by atoms with E-state index >= 15 is 0 Å². The summed E-state index contributed by atoms with van der Waals surface area (Å²) in [5.74, 6) is -0.327. The van der Waals surface area contributed by atoms with Gasteiger partial charge in [0.2, 0.25) is 0 Å². The van der Waals surface area contributed by atoms with Crippen LogP contribution in [-0.4, -0.2) is 63.6 Å². The lowest BCUT2D eigenvalue weighted by Gasteiger charge is -2.48. The standard InChI is InChI=1S/C32H36O8/c1-34-32-29(35-19-11-12-20-36-30(33)24-15-7-3-8-16-24)28(37-21-23-13-5-2-6-14-23)27-26(39-32)22-38-31(40-27)25-17-9-4-10-18-25/h2-10,13-18,26-29,31-32H,11-12,19-22H2,1H3/t26-,27-,28+,29-,31-,32+/m1/s1. The van der Waals surface area contributed by atoms with Crippen LogP contribution in [0.5, 0.6) is 0 Å². The number of carbonyl (C=O) groups is 1. The van der Waals surface area contributed by atoms with E-state index in [4.69, 9.17) is 33.2 Å². The highest BCUT2D eigenvalue weighted by molar-refractivity contribution is 5.89. The zero-order valence-corrected chi connectivity index (χ0v) is 22.6. The second kappa shape index (κ2) is 14.5. The Balaban J connectivity index is 1.21. The molecule has 8 nitrogen and oxygen atoms in total. The van der Waals surface area contributed by atoms with Gasteiger partial charge in [-0.25, -0.2) is 4.79 Å². The van der Waals surface area contributed by atoms with E-state index in [0.29, 0.717) is 44.8 Å². The van der Waals surface area contributed by atoms with Gasteiger partial charge in [-0.3, -0.25) is 0 Å². The minimum Gasteiger partial charge on any atom is -0.462 e. The van der Waals surface area contributed by atoms with Crippen LogP contribution in [0.3, 0.4) is 0 Å². The van der Waals surface area contributed by atoms with Gasteiger partial charge in [0.1, 0.15) is 24.4 Å². The van der Waals surface area contributed by atoms with E-state index in [-0.39, 0.29) is 12.1 Å². The van der Waals surface area contributed by atoms with Gasteiger partial charge in [0.05, 0.1) is 25.4 Å². The Morgan fingerprint density at radius 2 is 1.48 bits per heavy atom. The van der Waals surface area contributed by atoms with Crippen molar-refractivity contribution in [2.75, 3.05) is 26.9 Å². The second-order valence-electron chi connectivity index (χ2n) is 9.76. The average Bonchev–Trinajstić information content (AvgIpc) is 3.02. The van der Waals surface area contributed by atoms with Crippen LogP contribution in [0.25, 0.3) is 0 Å². The Morgan fingerprint density at radius 1 is 0.800 bits per heavy atom. The first-order valence-electron chi connectivity index (χ1n) is 13.7. The molecule has 0 unspecified atom stereocenters. The molecule has 0 N–H and O–H groups in total. The maximum Gasteiger partial charge on any atom is 0.338 e. The van der Waals surface area contributed by atoms with E-state index in [0.717, 1.165) is 11.1 Å². The highest BCUT2D eigenvalue weighted by atomic mass is 16.8. The highest BCUT2D eigenvalue weighted by Gasteiger charge is 2.51. The monoisotopic (exact) mass is 548 g/mol. The number of hydrogen-bond donors (Lipinski definition) is 0. The zero-order valence-electron chi connectivity index (χ0n) is 22.6. The third-order valence-corrected chi connectivity index (χ3v) is 6.96. The molecule has 0 aromatic heterocycles. The van der Waals surface area contributed by atoms with Crippen molar-refractivity contribution in [3.8, 4) is 0 Å². The maximum absolute atomic E-state index is 12.2. The molecule has 2 saturated heterocycles. The number of unbranched alkanes of at least 4 members (excludes halogenated alkanes) is 1. The number of fused-ring (bicyclic) bond motifs is 1. The number of hydrogen-bond acceptors (Lipinski definition) is 8. The Hall–Kier alpha value is -3.11. The minimum atomic E-state index is -0.654. The summed E-state index contributed by atoms with van der Waals surface area (Å²) in [6, 6.07) is 28.8. The molecule has 2 heterocycles. The molecular weight excluding hydrogens is 512 g/mol. The van der Waals surface area contributed by atoms with Crippen LogP contribution in [0.15, 0.2) is 91.0 Å². The van der Waals surface area contributed by atoms with Gasteiger partial charge in [-0.1, -0.05) is 78.9 Å². The van der Waals surface area contributed by atoms with E-state index in [1.807, 2.05) is 78.9 Å². The van der Waals surface area contributed by atoms with E-state index in [1.54, 1.807) is 19.2 Å². The molecule has 3 aromatic rings. The molecule has 3 aromatic carbocycles. The van der Waals surface area contributed by atoms with Crippen LogP contribution in [-0.2, 0) is 39.8 Å². The summed E-state index contributed by atoms with van der Waals surface area (Å²) in [4.78, 5) is 12.2. The summed E-state index contributed by atoms with van der Waals surface area (Å²) in [5, 5.41) is 0. The predicted octanol–water partition coefficient (Wildman–Crippen LogP) is 5.08. The molecule has 212 valence electrons. The Labute approximate surface area is 235 Å². The maximum atomic E-state index is 12.2. The van der Waals surface area contributed by atoms with Gasteiger partial charge < -0.3 is 33.2 Å². The lowest BCUT2D eigenvalue weighted by molar-refractivity contribution is -0.368. The molecule has 0 amide bonds. The van der Waals surface area contributed by atoms with E-state index in [1.165, 1.54) is 0 Å². The number of carbonyl (C=O) groups excluding carboxylic acids is 1. The zero-order chi connectivity index (χ0) is 27.6. The van der Waals surface area contributed by atoms with Crippen molar-refractivity contribution in [1.82, 2.24) is 0 Å². The number of ether oxygens (including phenoxy) is 7. The quantitative estimate of drug-likeness (QED) is 0.229. The molecule has 2 aliphatic rings. The van der Waals surface area contributed by atoms with Crippen molar-refractivity contribution < 1.29 is 38.0 Å². The predicted molar refractivity (Wildman–Crippen MR) is 146 cm³/mol. The normalized spacial score (nSPS) is 26.1. The Morgan fingerprint density at radius 3 is 2.20 bits per heavy atom. The lowest BCUT2D eigenvalue weighted by Crippen LogP contribution is -2.63. The van der Waals surface area contributed by atoms with Crippen molar-refractivity contribution in [3.05, 3.63) is 108 Å². The third kappa shape index (κ3) is 7.34. The van der Waals surface area contributed by atoms with Crippen LogP contribution in [0, 0.1) is 0 Å². The van der Waals surface area contributed by atoms with Gasteiger partial charge >= 0.3 is 5.97 Å². The average molecular weight is 549 g/mol. The number of rotatable bonds is 12. The molecule has 0 saturated carbocycles. The van der Waals surface area contributed by atoms with Crippen molar-refractivity contribution in [2.45, 2.75) is 56.4 Å². The fourth-order valence-corrected chi connectivity index (χ4v) is 4.89.